The maximum absolute atomic E-state index is 9.45. The molecule has 1 aliphatic rings. The molecule has 0 aromatic rings. The highest BCUT2D eigenvalue weighted by molar-refractivity contribution is 5.86. The minimum atomic E-state index is -0.548. The molecule has 0 radical (unpaired) electrons. The third kappa shape index (κ3) is 1.76. The van der Waals surface area contributed by atoms with Gasteiger partial charge in [-0.2, -0.15) is 0 Å². The lowest BCUT2D eigenvalue weighted by molar-refractivity contribution is 0.176. The third-order valence-corrected chi connectivity index (χ3v) is 2.43. The number of rotatable bonds is 3. The van der Waals surface area contributed by atoms with Gasteiger partial charge in [-0.1, -0.05) is 6.92 Å². The lowest BCUT2D eigenvalue weighted by Gasteiger charge is -2.14. The lowest BCUT2D eigenvalue weighted by Crippen LogP contribution is -2.30. The summed E-state index contributed by atoms with van der Waals surface area (Å²) < 4.78 is 0. The molecule has 0 bridgehead atoms. The van der Waals surface area contributed by atoms with E-state index in [1.54, 1.807) is 0 Å². The van der Waals surface area contributed by atoms with Crippen LogP contribution in [0.5, 0.6) is 0 Å². The molecule has 0 aliphatic carbocycles. The Morgan fingerprint density at radius 2 is 2.25 bits per heavy atom. The van der Waals surface area contributed by atoms with E-state index < -0.39 is 6.10 Å². The molecule has 5 N–H and O–H groups in total. The highest BCUT2D eigenvalue weighted by Gasteiger charge is 2.32. The molecule has 1 rings (SSSR count). The van der Waals surface area contributed by atoms with E-state index in [4.69, 9.17) is 11.5 Å². The molecule has 0 aromatic heterocycles. The first-order chi connectivity index (χ1) is 5.66. The summed E-state index contributed by atoms with van der Waals surface area (Å²) in [4.78, 5) is 4.18. The number of amidine groups is 1. The minimum absolute atomic E-state index is 0.150. The highest BCUT2D eigenvalue weighted by atomic mass is 16.3. The van der Waals surface area contributed by atoms with Crippen LogP contribution < -0.4 is 11.5 Å². The van der Waals surface area contributed by atoms with Crippen molar-refractivity contribution in [3.05, 3.63) is 0 Å². The van der Waals surface area contributed by atoms with E-state index in [-0.39, 0.29) is 12.0 Å². The van der Waals surface area contributed by atoms with Crippen LogP contribution in [-0.2, 0) is 0 Å². The Morgan fingerprint density at radius 1 is 1.58 bits per heavy atom. The van der Waals surface area contributed by atoms with Crippen molar-refractivity contribution in [3.8, 4) is 0 Å². The second-order valence-corrected chi connectivity index (χ2v) is 3.36. The molecular weight excluding hydrogens is 154 g/mol. The van der Waals surface area contributed by atoms with Gasteiger partial charge in [-0.15, -0.1) is 0 Å². The number of aliphatic hydroxyl groups excluding tert-OH is 1. The third-order valence-electron chi connectivity index (χ3n) is 2.43. The molecule has 4 nitrogen and oxygen atoms in total. The molecule has 0 aromatic carbocycles. The average molecular weight is 171 g/mol. The summed E-state index contributed by atoms with van der Waals surface area (Å²) in [6.45, 7) is 2.64. The molecule has 0 saturated heterocycles. The van der Waals surface area contributed by atoms with E-state index in [1.807, 2.05) is 6.92 Å². The SMILES string of the molecule is C[C@@H]1[C@H](O)C(N)=N[C@@H]1CCCN. The van der Waals surface area contributed by atoms with Gasteiger partial charge in [-0.25, -0.2) is 0 Å². The first-order valence-electron chi connectivity index (χ1n) is 4.38. The van der Waals surface area contributed by atoms with Crippen LogP contribution >= 0.6 is 0 Å². The van der Waals surface area contributed by atoms with Crippen LogP contribution in [0.1, 0.15) is 19.8 Å². The summed E-state index contributed by atoms with van der Waals surface area (Å²) in [5.74, 6) is 0.529. The molecule has 4 heteroatoms. The fourth-order valence-electron chi connectivity index (χ4n) is 1.52. The zero-order chi connectivity index (χ0) is 9.14. The fraction of sp³-hybridized carbons (Fsp3) is 0.875. The van der Waals surface area contributed by atoms with Gasteiger partial charge in [0.15, 0.2) is 0 Å². The Balaban J connectivity index is 2.46. The molecule has 1 aliphatic heterocycles. The monoisotopic (exact) mass is 171 g/mol. The number of nitrogens with two attached hydrogens (primary N) is 2. The van der Waals surface area contributed by atoms with Gasteiger partial charge in [0.25, 0.3) is 0 Å². The van der Waals surface area contributed by atoms with Crippen molar-refractivity contribution < 1.29 is 5.11 Å². The Hall–Kier alpha value is -0.610. The molecule has 0 saturated carbocycles. The molecular formula is C8H17N3O. The van der Waals surface area contributed by atoms with Crippen LogP contribution in [0.25, 0.3) is 0 Å². The second-order valence-electron chi connectivity index (χ2n) is 3.36. The molecule has 0 amide bonds. The molecule has 3 atom stereocenters. The van der Waals surface area contributed by atoms with Crippen molar-refractivity contribution >= 4 is 5.84 Å². The van der Waals surface area contributed by atoms with Gasteiger partial charge in [0.2, 0.25) is 0 Å². The Labute approximate surface area is 72.7 Å². The standard InChI is InChI=1S/C8H17N3O/c1-5-6(3-2-4-9)11-8(10)7(5)12/h5-7,12H,2-4,9H2,1H3,(H2,10,11)/t5-,6+,7-/m0/s1. The normalized spacial score (nSPS) is 35.2. The fourth-order valence-corrected chi connectivity index (χ4v) is 1.52. The second kappa shape index (κ2) is 3.87. The van der Waals surface area contributed by atoms with Gasteiger partial charge in [-0.3, -0.25) is 4.99 Å². The van der Waals surface area contributed by atoms with Crippen LogP contribution in [-0.4, -0.2) is 29.6 Å². The van der Waals surface area contributed by atoms with E-state index in [9.17, 15) is 5.11 Å². The van der Waals surface area contributed by atoms with Gasteiger partial charge < -0.3 is 16.6 Å². The molecule has 1 heterocycles. The number of aliphatic imine (C=N–C) groups is 1. The molecule has 0 fully saturated rings. The van der Waals surface area contributed by atoms with Crippen molar-refractivity contribution in [1.29, 1.82) is 0 Å². The first-order valence-corrected chi connectivity index (χ1v) is 4.38. The van der Waals surface area contributed by atoms with Gasteiger partial charge >= 0.3 is 0 Å². The lowest BCUT2D eigenvalue weighted by atomic mass is 9.96. The van der Waals surface area contributed by atoms with E-state index in [0.29, 0.717) is 12.4 Å². The van der Waals surface area contributed by atoms with Crippen molar-refractivity contribution in [3.63, 3.8) is 0 Å². The maximum Gasteiger partial charge on any atom is 0.123 e. The van der Waals surface area contributed by atoms with Crippen molar-refractivity contribution in [2.75, 3.05) is 6.54 Å². The van der Waals surface area contributed by atoms with E-state index >= 15 is 0 Å². The zero-order valence-corrected chi connectivity index (χ0v) is 7.40. The summed E-state index contributed by atoms with van der Waals surface area (Å²) in [5.41, 5.74) is 10.9. The Morgan fingerprint density at radius 3 is 2.67 bits per heavy atom. The van der Waals surface area contributed by atoms with Crippen molar-refractivity contribution in [2.45, 2.75) is 31.9 Å². The molecule has 0 spiro atoms. The number of aliphatic hydroxyl groups is 1. The van der Waals surface area contributed by atoms with Crippen LogP contribution in [0, 0.1) is 5.92 Å². The smallest absolute Gasteiger partial charge is 0.123 e. The minimum Gasteiger partial charge on any atom is -0.385 e. The number of hydrogen-bond acceptors (Lipinski definition) is 4. The Kier molecular flexibility index (Phi) is 3.05. The zero-order valence-electron chi connectivity index (χ0n) is 7.40. The van der Waals surface area contributed by atoms with Crippen LogP contribution in [0.2, 0.25) is 0 Å². The Bertz CT molecular complexity index is 181. The summed E-state index contributed by atoms with van der Waals surface area (Å²) in [6, 6.07) is 0.170. The van der Waals surface area contributed by atoms with Gasteiger partial charge in [0.1, 0.15) is 11.9 Å². The van der Waals surface area contributed by atoms with Crippen LogP contribution in [0.3, 0.4) is 0 Å². The largest absolute Gasteiger partial charge is 0.385 e. The van der Waals surface area contributed by atoms with Gasteiger partial charge in [-0.05, 0) is 19.4 Å². The summed E-state index contributed by atoms with van der Waals surface area (Å²) in [6.07, 6.45) is 1.32. The van der Waals surface area contributed by atoms with Crippen molar-refractivity contribution in [1.82, 2.24) is 0 Å². The van der Waals surface area contributed by atoms with E-state index in [0.717, 1.165) is 12.8 Å². The van der Waals surface area contributed by atoms with Crippen LogP contribution in [0.15, 0.2) is 4.99 Å². The van der Waals surface area contributed by atoms with E-state index in [2.05, 4.69) is 4.99 Å². The number of nitrogens with zero attached hydrogens (tertiary/aromatic N) is 1. The van der Waals surface area contributed by atoms with Crippen molar-refractivity contribution in [2.24, 2.45) is 22.4 Å². The molecule has 12 heavy (non-hydrogen) atoms. The average Bonchev–Trinajstić information content (AvgIpc) is 2.30. The predicted octanol–water partition coefficient (Wildman–Crippen LogP) is -0.538. The molecule has 70 valence electrons. The summed E-state index contributed by atoms with van der Waals surface area (Å²) in [5, 5.41) is 9.45. The van der Waals surface area contributed by atoms with E-state index in [1.165, 1.54) is 0 Å². The summed E-state index contributed by atoms with van der Waals surface area (Å²) in [7, 11) is 0. The topological polar surface area (TPSA) is 84.6 Å². The van der Waals surface area contributed by atoms with Crippen LogP contribution in [0.4, 0.5) is 0 Å². The van der Waals surface area contributed by atoms with Gasteiger partial charge in [0, 0.05) is 5.92 Å². The predicted molar refractivity (Wildman–Crippen MR) is 48.9 cm³/mol. The first kappa shape index (κ1) is 9.48. The highest BCUT2D eigenvalue weighted by Crippen LogP contribution is 2.23. The quantitative estimate of drug-likeness (QED) is 0.533. The van der Waals surface area contributed by atoms with Gasteiger partial charge in [0.05, 0.1) is 6.04 Å². The molecule has 0 unspecified atom stereocenters. The summed E-state index contributed by atoms with van der Waals surface area (Å²) >= 11 is 0. The number of hydrogen-bond donors (Lipinski definition) is 3. The maximum atomic E-state index is 9.45.